The summed E-state index contributed by atoms with van der Waals surface area (Å²) >= 11 is 9.44. The molecule has 0 unspecified atom stereocenters. The van der Waals surface area contributed by atoms with Crippen LogP contribution in [0.1, 0.15) is 31.8 Å². The van der Waals surface area contributed by atoms with Gasteiger partial charge in [0.05, 0.1) is 13.2 Å². The van der Waals surface area contributed by atoms with Crippen molar-refractivity contribution in [2.45, 2.75) is 6.42 Å². The third-order valence-electron chi connectivity index (χ3n) is 5.44. The number of aromatic nitrogens is 1. The summed E-state index contributed by atoms with van der Waals surface area (Å²) in [4.78, 5) is 32.0. The molecule has 174 valence electrons. The molecule has 4 rings (SSSR count). The number of nitrogens with one attached hydrogen (secondary N) is 2. The Bertz CT molecular complexity index is 1210. The number of ketones is 1. The maximum atomic E-state index is 13.0. The molecule has 0 spiro atoms. The molecule has 1 aliphatic heterocycles. The van der Waals surface area contributed by atoms with Crippen LogP contribution in [0, 0.1) is 5.41 Å². The standard InChI is InChI=1S/C25H22BrClN4O3/c26-19-6-8-23(29-15-19)30-25(33)21-14-20(27)7-5-18(21)13-22(32)16-1-3-17(4-2-16)24(28)31-9-11-34-12-10-31/h1-8,14-15,28H,9-13H2,(H,29,30,33). The van der Waals surface area contributed by atoms with Crippen molar-refractivity contribution < 1.29 is 14.3 Å². The van der Waals surface area contributed by atoms with Gasteiger partial charge in [0.2, 0.25) is 0 Å². The van der Waals surface area contributed by atoms with Crippen LogP contribution in [0.15, 0.2) is 65.3 Å². The van der Waals surface area contributed by atoms with E-state index in [0.717, 1.165) is 10.0 Å². The van der Waals surface area contributed by atoms with Gasteiger partial charge in [-0.1, -0.05) is 41.9 Å². The van der Waals surface area contributed by atoms with Gasteiger partial charge in [0.15, 0.2) is 5.78 Å². The second-order valence-corrected chi connectivity index (χ2v) is 9.09. The number of hydrogen-bond donors (Lipinski definition) is 2. The number of benzene rings is 2. The fraction of sp³-hybridized carbons (Fsp3) is 0.200. The molecule has 0 atom stereocenters. The number of nitrogens with zero attached hydrogens (tertiary/aromatic N) is 2. The summed E-state index contributed by atoms with van der Waals surface area (Å²) in [5.41, 5.74) is 2.13. The van der Waals surface area contributed by atoms with Crippen LogP contribution >= 0.6 is 27.5 Å². The van der Waals surface area contributed by atoms with E-state index in [1.807, 2.05) is 4.90 Å². The van der Waals surface area contributed by atoms with Crippen molar-refractivity contribution in [2.24, 2.45) is 0 Å². The van der Waals surface area contributed by atoms with Crippen LogP contribution < -0.4 is 5.32 Å². The lowest BCUT2D eigenvalue weighted by molar-refractivity contribution is 0.0680. The maximum absolute atomic E-state index is 13.0. The second kappa shape index (κ2) is 10.9. The number of halogens is 2. The van der Waals surface area contributed by atoms with E-state index in [1.54, 1.807) is 60.8 Å². The fourth-order valence-corrected chi connectivity index (χ4v) is 4.01. The summed E-state index contributed by atoms with van der Waals surface area (Å²) in [7, 11) is 0. The smallest absolute Gasteiger partial charge is 0.257 e. The number of carbonyl (C=O) groups excluding carboxylic acids is 2. The summed E-state index contributed by atoms with van der Waals surface area (Å²) in [6, 6.07) is 15.3. The first-order chi connectivity index (χ1) is 16.4. The first-order valence-electron chi connectivity index (χ1n) is 10.7. The lowest BCUT2D eigenvalue weighted by Gasteiger charge is -2.29. The monoisotopic (exact) mass is 540 g/mol. The minimum atomic E-state index is -0.394. The Kier molecular flexibility index (Phi) is 7.72. The Morgan fingerprint density at radius 1 is 1.06 bits per heavy atom. The molecule has 2 heterocycles. The van der Waals surface area contributed by atoms with Crippen LogP contribution in [-0.4, -0.2) is 53.7 Å². The molecule has 2 N–H and O–H groups in total. The Hall–Kier alpha value is -3.07. The SMILES string of the molecule is N=C(c1ccc(C(=O)Cc2ccc(Cl)cc2C(=O)Nc2ccc(Br)cn2)cc1)N1CCOCC1. The van der Waals surface area contributed by atoms with E-state index in [4.69, 9.17) is 21.7 Å². The number of ether oxygens (including phenoxy) is 1. The summed E-state index contributed by atoms with van der Waals surface area (Å²) < 4.78 is 6.14. The summed E-state index contributed by atoms with van der Waals surface area (Å²) in [6.07, 6.45) is 1.62. The van der Waals surface area contributed by atoms with Crippen LogP contribution in [0.2, 0.25) is 5.02 Å². The molecule has 1 aliphatic rings. The van der Waals surface area contributed by atoms with Gasteiger partial charge in [-0.05, 0) is 45.8 Å². The molecular weight excluding hydrogens is 520 g/mol. The molecule has 34 heavy (non-hydrogen) atoms. The van der Waals surface area contributed by atoms with Gasteiger partial charge in [-0.2, -0.15) is 0 Å². The number of amides is 1. The van der Waals surface area contributed by atoms with Gasteiger partial charge in [-0.15, -0.1) is 0 Å². The molecule has 1 fully saturated rings. The minimum Gasteiger partial charge on any atom is -0.378 e. The first kappa shape index (κ1) is 24.1. The van der Waals surface area contributed by atoms with E-state index in [9.17, 15) is 9.59 Å². The molecule has 7 nitrogen and oxygen atoms in total. The van der Waals surface area contributed by atoms with Crippen molar-refractivity contribution in [1.29, 1.82) is 5.41 Å². The van der Waals surface area contributed by atoms with E-state index in [1.165, 1.54) is 0 Å². The van der Waals surface area contributed by atoms with Crippen molar-refractivity contribution >= 4 is 50.9 Å². The summed E-state index contributed by atoms with van der Waals surface area (Å²) in [6.45, 7) is 2.56. The number of pyridine rings is 1. The Morgan fingerprint density at radius 2 is 1.76 bits per heavy atom. The predicted octanol–water partition coefficient (Wildman–Crippen LogP) is 4.83. The molecule has 2 aromatic carbocycles. The Balaban J connectivity index is 1.47. The third-order valence-corrected chi connectivity index (χ3v) is 6.15. The van der Waals surface area contributed by atoms with Gasteiger partial charge in [0, 0.05) is 51.9 Å². The van der Waals surface area contributed by atoms with Gasteiger partial charge in [-0.25, -0.2) is 4.98 Å². The quantitative estimate of drug-likeness (QED) is 0.265. The third kappa shape index (κ3) is 5.88. The number of hydrogen-bond acceptors (Lipinski definition) is 5. The number of carbonyl (C=O) groups is 2. The average Bonchev–Trinajstić information content (AvgIpc) is 2.86. The molecule has 0 aliphatic carbocycles. The summed E-state index contributed by atoms with van der Waals surface area (Å²) in [5.74, 6) is 0.279. The predicted molar refractivity (Wildman–Crippen MR) is 135 cm³/mol. The van der Waals surface area contributed by atoms with E-state index in [2.05, 4.69) is 26.2 Å². The van der Waals surface area contributed by atoms with Crippen molar-refractivity contribution in [2.75, 3.05) is 31.6 Å². The molecule has 1 saturated heterocycles. The lowest BCUT2D eigenvalue weighted by Crippen LogP contribution is -2.40. The average molecular weight is 542 g/mol. The topological polar surface area (TPSA) is 95.4 Å². The molecule has 0 radical (unpaired) electrons. The van der Waals surface area contributed by atoms with Crippen molar-refractivity contribution in [3.8, 4) is 0 Å². The Morgan fingerprint density at radius 3 is 2.44 bits per heavy atom. The molecular formula is C25H22BrClN4O3. The molecule has 3 aromatic rings. The van der Waals surface area contributed by atoms with Gasteiger partial charge in [0.25, 0.3) is 5.91 Å². The molecule has 0 saturated carbocycles. The van der Waals surface area contributed by atoms with Crippen LogP contribution in [0.3, 0.4) is 0 Å². The van der Waals surface area contributed by atoms with Crippen LogP contribution in [-0.2, 0) is 11.2 Å². The molecule has 1 aromatic heterocycles. The second-order valence-electron chi connectivity index (χ2n) is 7.74. The van der Waals surface area contributed by atoms with Gasteiger partial charge in [-0.3, -0.25) is 15.0 Å². The highest BCUT2D eigenvalue weighted by molar-refractivity contribution is 9.10. The van der Waals surface area contributed by atoms with E-state index < -0.39 is 5.91 Å². The van der Waals surface area contributed by atoms with Gasteiger partial charge < -0.3 is 15.0 Å². The van der Waals surface area contributed by atoms with Crippen molar-refractivity contribution in [3.63, 3.8) is 0 Å². The van der Waals surface area contributed by atoms with E-state index in [0.29, 0.717) is 59.7 Å². The Labute approximate surface area is 210 Å². The van der Waals surface area contributed by atoms with E-state index >= 15 is 0 Å². The highest BCUT2D eigenvalue weighted by Crippen LogP contribution is 2.21. The van der Waals surface area contributed by atoms with Crippen LogP contribution in [0.5, 0.6) is 0 Å². The zero-order valence-electron chi connectivity index (χ0n) is 18.2. The normalized spacial score (nSPS) is 13.4. The minimum absolute atomic E-state index is 0.0357. The number of morpholine rings is 1. The highest BCUT2D eigenvalue weighted by atomic mass is 79.9. The fourth-order valence-electron chi connectivity index (χ4n) is 3.61. The van der Waals surface area contributed by atoms with Gasteiger partial charge >= 0.3 is 0 Å². The number of anilines is 1. The van der Waals surface area contributed by atoms with Crippen LogP contribution in [0.4, 0.5) is 5.82 Å². The first-order valence-corrected chi connectivity index (χ1v) is 11.8. The van der Waals surface area contributed by atoms with Crippen molar-refractivity contribution in [1.82, 2.24) is 9.88 Å². The number of Topliss-reactive ketones (excluding diaryl/α,β-unsaturated/α-hetero) is 1. The van der Waals surface area contributed by atoms with E-state index in [-0.39, 0.29) is 12.2 Å². The van der Waals surface area contributed by atoms with Gasteiger partial charge in [0.1, 0.15) is 11.7 Å². The maximum Gasteiger partial charge on any atom is 0.257 e. The summed E-state index contributed by atoms with van der Waals surface area (Å²) in [5, 5.41) is 11.5. The largest absolute Gasteiger partial charge is 0.378 e. The zero-order valence-corrected chi connectivity index (χ0v) is 20.5. The number of rotatable bonds is 6. The van der Waals surface area contributed by atoms with Crippen LogP contribution in [0.25, 0.3) is 0 Å². The number of amidine groups is 1. The lowest BCUT2D eigenvalue weighted by atomic mass is 9.97. The van der Waals surface area contributed by atoms with Crippen molar-refractivity contribution in [3.05, 3.63) is 92.5 Å². The highest BCUT2D eigenvalue weighted by Gasteiger charge is 2.18. The molecule has 9 heteroatoms. The molecule has 0 bridgehead atoms. The zero-order chi connectivity index (χ0) is 24.1. The molecule has 1 amide bonds.